The molecule has 2 rings (SSSR count). The van der Waals surface area contributed by atoms with E-state index in [1.807, 2.05) is 24.3 Å². The number of rotatable bonds is 5. The van der Waals surface area contributed by atoms with Crippen LogP contribution in [0, 0.1) is 11.8 Å². The Morgan fingerprint density at radius 2 is 1.91 bits per heavy atom. The van der Waals surface area contributed by atoms with Gasteiger partial charge in [-0.25, -0.2) is 8.42 Å². The lowest BCUT2D eigenvalue weighted by Gasteiger charge is -2.04. The third-order valence-corrected chi connectivity index (χ3v) is 4.82. The van der Waals surface area contributed by atoms with Crippen LogP contribution in [-0.4, -0.2) is 21.6 Å². The minimum atomic E-state index is -3.61. The molecule has 0 unspecified atom stereocenters. The molecule has 0 fully saturated rings. The molecule has 0 aliphatic heterocycles. The largest absolute Gasteiger partial charge is 0.481 e. The van der Waals surface area contributed by atoms with Gasteiger partial charge in [0.25, 0.3) is 0 Å². The number of benzene rings is 2. The van der Waals surface area contributed by atoms with E-state index in [1.54, 1.807) is 12.1 Å². The summed E-state index contributed by atoms with van der Waals surface area (Å²) < 4.78 is 32.7. The van der Waals surface area contributed by atoms with Gasteiger partial charge in [0.1, 0.15) is 12.4 Å². The van der Waals surface area contributed by atoms with E-state index < -0.39 is 10.0 Å². The maximum Gasteiger partial charge on any atom is 0.241 e. The predicted molar refractivity (Wildman–Crippen MR) is 94.1 cm³/mol. The van der Waals surface area contributed by atoms with Crippen molar-refractivity contribution in [3.8, 4) is 17.6 Å². The minimum Gasteiger partial charge on any atom is -0.481 e. The Kier molecular flexibility index (Phi) is 6.48. The van der Waals surface area contributed by atoms with Crippen LogP contribution in [-0.2, 0) is 10.0 Å². The molecule has 0 bridgehead atoms. The van der Waals surface area contributed by atoms with Gasteiger partial charge in [-0.2, -0.15) is 4.72 Å². The van der Waals surface area contributed by atoms with E-state index in [1.165, 1.54) is 12.1 Å². The molecular formula is C16H13BrClNO3S. The van der Waals surface area contributed by atoms with E-state index >= 15 is 0 Å². The van der Waals surface area contributed by atoms with Crippen LogP contribution in [0.5, 0.6) is 5.75 Å². The Balaban J connectivity index is 1.83. The van der Waals surface area contributed by atoms with Crippen molar-refractivity contribution >= 4 is 37.6 Å². The standard InChI is InChI=1S/C16H13BrClNO3S/c17-13-5-3-7-15(11-13)22-10-2-1-9-19-23(20,21)16-8-4-6-14(18)12-16/h3-8,11-12,19H,9-10H2. The zero-order valence-electron chi connectivity index (χ0n) is 11.9. The van der Waals surface area contributed by atoms with Crippen molar-refractivity contribution in [3.63, 3.8) is 0 Å². The first-order chi connectivity index (χ1) is 11.0. The molecule has 0 aliphatic rings. The van der Waals surface area contributed by atoms with Crippen LogP contribution in [0.4, 0.5) is 0 Å². The topological polar surface area (TPSA) is 55.4 Å². The molecule has 120 valence electrons. The Morgan fingerprint density at radius 3 is 2.65 bits per heavy atom. The van der Waals surface area contributed by atoms with E-state index in [2.05, 4.69) is 32.5 Å². The highest BCUT2D eigenvalue weighted by Crippen LogP contribution is 2.17. The Hall–Kier alpha value is -1.52. The van der Waals surface area contributed by atoms with E-state index in [4.69, 9.17) is 16.3 Å². The molecule has 2 aromatic rings. The highest BCUT2D eigenvalue weighted by Gasteiger charge is 2.12. The van der Waals surface area contributed by atoms with Crippen molar-refractivity contribution in [3.05, 3.63) is 58.0 Å². The van der Waals surface area contributed by atoms with Gasteiger partial charge in [0, 0.05) is 9.50 Å². The minimum absolute atomic E-state index is 0.00328. The molecule has 0 saturated carbocycles. The van der Waals surface area contributed by atoms with Crippen LogP contribution in [0.2, 0.25) is 5.02 Å². The number of hydrogen-bond acceptors (Lipinski definition) is 3. The molecule has 2 aromatic carbocycles. The molecule has 0 amide bonds. The lowest BCUT2D eigenvalue weighted by molar-refractivity contribution is 0.370. The Labute approximate surface area is 149 Å². The van der Waals surface area contributed by atoms with Crippen molar-refractivity contribution in [2.75, 3.05) is 13.2 Å². The summed E-state index contributed by atoms with van der Waals surface area (Å²) in [4.78, 5) is 0.109. The fourth-order valence-electron chi connectivity index (χ4n) is 1.64. The van der Waals surface area contributed by atoms with E-state index in [0.717, 1.165) is 4.47 Å². The van der Waals surface area contributed by atoms with E-state index in [9.17, 15) is 8.42 Å². The van der Waals surface area contributed by atoms with Crippen molar-refractivity contribution in [2.24, 2.45) is 0 Å². The molecule has 0 radical (unpaired) electrons. The molecule has 0 spiro atoms. The first-order valence-electron chi connectivity index (χ1n) is 6.57. The van der Waals surface area contributed by atoms with E-state index in [0.29, 0.717) is 10.8 Å². The molecule has 0 saturated heterocycles. The molecule has 0 heterocycles. The molecule has 7 heteroatoms. The first kappa shape index (κ1) is 17.8. The monoisotopic (exact) mass is 413 g/mol. The van der Waals surface area contributed by atoms with Crippen LogP contribution in [0.15, 0.2) is 57.9 Å². The summed E-state index contributed by atoms with van der Waals surface area (Å²) in [5, 5.41) is 0.362. The zero-order valence-corrected chi connectivity index (χ0v) is 15.1. The number of hydrogen-bond donors (Lipinski definition) is 1. The zero-order chi connectivity index (χ0) is 16.7. The second-order valence-corrected chi connectivity index (χ2v) is 7.50. The summed E-state index contributed by atoms with van der Waals surface area (Å²) in [5.74, 6) is 6.14. The predicted octanol–water partition coefficient (Wildman–Crippen LogP) is 3.46. The third-order valence-electron chi connectivity index (χ3n) is 2.69. The summed E-state index contributed by atoms with van der Waals surface area (Å²) in [7, 11) is -3.61. The average Bonchev–Trinajstić information content (AvgIpc) is 2.51. The second kappa shape index (κ2) is 8.37. The Bertz CT molecular complexity index is 844. The second-order valence-electron chi connectivity index (χ2n) is 4.38. The van der Waals surface area contributed by atoms with Crippen molar-refractivity contribution < 1.29 is 13.2 Å². The summed E-state index contributed by atoms with van der Waals surface area (Å²) in [6.45, 7) is 0.173. The van der Waals surface area contributed by atoms with Crippen LogP contribution in [0.1, 0.15) is 0 Å². The maximum absolute atomic E-state index is 12.0. The Morgan fingerprint density at radius 1 is 1.13 bits per heavy atom. The summed E-state index contributed by atoms with van der Waals surface area (Å²) in [6, 6.07) is 13.4. The molecule has 1 N–H and O–H groups in total. The number of nitrogens with one attached hydrogen (secondary N) is 1. The van der Waals surface area contributed by atoms with Crippen LogP contribution >= 0.6 is 27.5 Å². The number of sulfonamides is 1. The van der Waals surface area contributed by atoms with Gasteiger partial charge >= 0.3 is 0 Å². The fraction of sp³-hybridized carbons (Fsp3) is 0.125. The van der Waals surface area contributed by atoms with E-state index in [-0.39, 0.29) is 18.0 Å². The van der Waals surface area contributed by atoms with Gasteiger partial charge in [-0.15, -0.1) is 0 Å². The third kappa shape index (κ3) is 5.88. The van der Waals surface area contributed by atoms with Gasteiger partial charge in [-0.05, 0) is 36.4 Å². The van der Waals surface area contributed by atoms with Gasteiger partial charge in [-0.1, -0.05) is 51.5 Å². The lowest BCUT2D eigenvalue weighted by atomic mass is 10.3. The average molecular weight is 415 g/mol. The summed E-state index contributed by atoms with van der Waals surface area (Å²) in [6.07, 6.45) is 0. The molecule has 0 atom stereocenters. The van der Waals surface area contributed by atoms with Crippen molar-refractivity contribution in [2.45, 2.75) is 4.90 Å². The SMILES string of the molecule is O=S(=O)(NCC#CCOc1cccc(Br)c1)c1cccc(Cl)c1. The lowest BCUT2D eigenvalue weighted by Crippen LogP contribution is -2.24. The van der Waals surface area contributed by atoms with Gasteiger partial charge in [0.15, 0.2) is 0 Å². The highest BCUT2D eigenvalue weighted by molar-refractivity contribution is 9.10. The molecule has 4 nitrogen and oxygen atoms in total. The molecule has 23 heavy (non-hydrogen) atoms. The first-order valence-corrected chi connectivity index (χ1v) is 9.22. The quantitative estimate of drug-likeness (QED) is 0.762. The summed E-state index contributed by atoms with van der Waals surface area (Å²) >= 11 is 9.13. The molecular weight excluding hydrogens is 402 g/mol. The van der Waals surface area contributed by atoms with Crippen LogP contribution in [0.25, 0.3) is 0 Å². The van der Waals surface area contributed by atoms with Crippen molar-refractivity contribution in [1.29, 1.82) is 0 Å². The van der Waals surface area contributed by atoms with Crippen LogP contribution in [0.3, 0.4) is 0 Å². The van der Waals surface area contributed by atoms with Crippen molar-refractivity contribution in [1.82, 2.24) is 4.72 Å². The summed E-state index contributed by atoms with van der Waals surface area (Å²) in [5.41, 5.74) is 0. The smallest absolute Gasteiger partial charge is 0.241 e. The maximum atomic E-state index is 12.0. The number of halogens is 2. The van der Waals surface area contributed by atoms with Crippen LogP contribution < -0.4 is 9.46 Å². The fourth-order valence-corrected chi connectivity index (χ4v) is 3.24. The molecule has 0 aromatic heterocycles. The van der Waals surface area contributed by atoms with Gasteiger partial charge in [-0.3, -0.25) is 0 Å². The van der Waals surface area contributed by atoms with Gasteiger partial charge in [0.05, 0.1) is 11.4 Å². The van der Waals surface area contributed by atoms with Gasteiger partial charge in [0.2, 0.25) is 10.0 Å². The highest BCUT2D eigenvalue weighted by atomic mass is 79.9. The molecule has 0 aliphatic carbocycles. The normalized spacial score (nSPS) is 10.7. The van der Waals surface area contributed by atoms with Gasteiger partial charge < -0.3 is 4.74 Å². The number of ether oxygens (including phenoxy) is 1.